The second-order valence-corrected chi connectivity index (χ2v) is 6.85. The Hall–Kier alpha value is -0.870. The molecule has 1 aromatic rings. The highest BCUT2D eigenvalue weighted by atomic mass is 79.9. The van der Waals surface area contributed by atoms with E-state index in [1.54, 1.807) is 0 Å². The Labute approximate surface area is 136 Å². The Morgan fingerprint density at radius 2 is 2.05 bits per heavy atom. The predicted molar refractivity (Wildman–Crippen MR) is 90.1 cm³/mol. The molecule has 3 nitrogen and oxygen atoms in total. The van der Waals surface area contributed by atoms with E-state index in [1.807, 2.05) is 18.2 Å². The summed E-state index contributed by atoms with van der Waals surface area (Å²) in [5.41, 5.74) is 0.946. The Morgan fingerprint density at radius 1 is 1.38 bits per heavy atom. The topological polar surface area (TPSA) is 41.1 Å². The van der Waals surface area contributed by atoms with Crippen LogP contribution < -0.4 is 10.6 Å². The van der Waals surface area contributed by atoms with Crippen LogP contribution in [0, 0.1) is 5.41 Å². The van der Waals surface area contributed by atoms with Gasteiger partial charge in [-0.15, -0.1) is 0 Å². The van der Waals surface area contributed by atoms with Crippen molar-refractivity contribution >= 4 is 21.8 Å². The molecule has 1 aliphatic rings. The molecule has 0 aromatic heterocycles. The standard InChI is InChI=1S/C17H25BrN2O/c1-3-8-17(9-11-19-12-10-17)16(21)20-13(2)14-6-4-5-7-15(14)18/h4-7,13,19H,3,8-12H2,1-2H3,(H,20,21). The smallest absolute Gasteiger partial charge is 0.226 e. The molecule has 4 heteroatoms. The van der Waals surface area contributed by atoms with E-state index >= 15 is 0 Å². The van der Waals surface area contributed by atoms with Gasteiger partial charge in [-0.2, -0.15) is 0 Å². The second kappa shape index (κ2) is 7.41. The lowest BCUT2D eigenvalue weighted by atomic mass is 9.74. The fourth-order valence-electron chi connectivity index (χ4n) is 3.23. The summed E-state index contributed by atoms with van der Waals surface area (Å²) >= 11 is 3.57. The molecule has 0 saturated carbocycles. The van der Waals surface area contributed by atoms with Gasteiger partial charge in [0.15, 0.2) is 0 Å². The van der Waals surface area contributed by atoms with Crippen LogP contribution in [0.1, 0.15) is 51.1 Å². The molecule has 1 aromatic carbocycles. The highest BCUT2D eigenvalue weighted by Crippen LogP contribution is 2.35. The number of carbonyl (C=O) groups excluding carboxylic acids is 1. The van der Waals surface area contributed by atoms with Crippen molar-refractivity contribution in [3.63, 3.8) is 0 Å². The lowest BCUT2D eigenvalue weighted by molar-refractivity contribution is -0.133. The molecule has 1 atom stereocenters. The monoisotopic (exact) mass is 352 g/mol. The molecular formula is C17H25BrN2O. The van der Waals surface area contributed by atoms with Gasteiger partial charge in [0, 0.05) is 4.47 Å². The van der Waals surface area contributed by atoms with Gasteiger partial charge in [-0.25, -0.2) is 0 Å². The lowest BCUT2D eigenvalue weighted by Crippen LogP contribution is -2.48. The van der Waals surface area contributed by atoms with Gasteiger partial charge in [-0.1, -0.05) is 47.5 Å². The first-order valence-electron chi connectivity index (χ1n) is 7.85. The zero-order chi connectivity index (χ0) is 15.3. The number of carbonyl (C=O) groups is 1. The van der Waals surface area contributed by atoms with Crippen LogP contribution >= 0.6 is 15.9 Å². The summed E-state index contributed by atoms with van der Waals surface area (Å²) in [4.78, 5) is 12.9. The van der Waals surface area contributed by atoms with Gasteiger partial charge in [-0.05, 0) is 50.9 Å². The van der Waals surface area contributed by atoms with E-state index in [1.165, 1.54) is 0 Å². The van der Waals surface area contributed by atoms with Crippen molar-refractivity contribution in [2.75, 3.05) is 13.1 Å². The Balaban J connectivity index is 2.10. The molecule has 1 unspecified atom stereocenters. The Bertz CT molecular complexity index is 478. The van der Waals surface area contributed by atoms with E-state index in [4.69, 9.17) is 0 Å². The van der Waals surface area contributed by atoms with Crippen LogP contribution in [0.4, 0.5) is 0 Å². The Kier molecular flexibility index (Phi) is 5.82. The molecule has 1 amide bonds. The molecule has 2 rings (SSSR count). The van der Waals surface area contributed by atoms with Gasteiger partial charge in [-0.3, -0.25) is 4.79 Å². The van der Waals surface area contributed by atoms with Crippen molar-refractivity contribution < 1.29 is 4.79 Å². The molecule has 116 valence electrons. The van der Waals surface area contributed by atoms with Crippen LogP contribution in [-0.2, 0) is 4.79 Å². The van der Waals surface area contributed by atoms with Gasteiger partial charge in [0.05, 0.1) is 11.5 Å². The molecular weight excluding hydrogens is 328 g/mol. The predicted octanol–water partition coefficient (Wildman–Crippen LogP) is 3.80. The van der Waals surface area contributed by atoms with Crippen LogP contribution in [-0.4, -0.2) is 19.0 Å². The van der Waals surface area contributed by atoms with E-state index in [-0.39, 0.29) is 17.4 Å². The zero-order valence-corrected chi connectivity index (χ0v) is 14.5. The number of hydrogen-bond acceptors (Lipinski definition) is 2. The lowest BCUT2D eigenvalue weighted by Gasteiger charge is -2.37. The number of piperidine rings is 1. The van der Waals surface area contributed by atoms with Crippen molar-refractivity contribution in [1.29, 1.82) is 0 Å². The third-order valence-electron chi connectivity index (χ3n) is 4.49. The molecule has 1 fully saturated rings. The maximum absolute atomic E-state index is 12.9. The number of nitrogens with one attached hydrogen (secondary N) is 2. The summed E-state index contributed by atoms with van der Waals surface area (Å²) in [5.74, 6) is 0.217. The average Bonchev–Trinajstić information content (AvgIpc) is 2.48. The largest absolute Gasteiger partial charge is 0.349 e. The Morgan fingerprint density at radius 3 is 2.67 bits per heavy atom. The molecule has 1 saturated heterocycles. The highest BCUT2D eigenvalue weighted by molar-refractivity contribution is 9.10. The molecule has 1 aliphatic heterocycles. The third kappa shape index (κ3) is 3.86. The van der Waals surface area contributed by atoms with Crippen molar-refractivity contribution in [2.24, 2.45) is 5.41 Å². The van der Waals surface area contributed by atoms with Crippen molar-refractivity contribution in [1.82, 2.24) is 10.6 Å². The first-order valence-corrected chi connectivity index (χ1v) is 8.64. The van der Waals surface area contributed by atoms with Gasteiger partial charge < -0.3 is 10.6 Å². The maximum atomic E-state index is 12.9. The summed E-state index contributed by atoms with van der Waals surface area (Å²) in [6.45, 7) is 6.10. The minimum absolute atomic E-state index is 0.0247. The van der Waals surface area contributed by atoms with Crippen LogP contribution in [0.5, 0.6) is 0 Å². The summed E-state index contributed by atoms with van der Waals surface area (Å²) in [6, 6.07) is 8.10. The minimum atomic E-state index is -0.185. The summed E-state index contributed by atoms with van der Waals surface area (Å²) in [6.07, 6.45) is 3.91. The molecule has 0 spiro atoms. The SMILES string of the molecule is CCCC1(C(=O)NC(C)c2ccccc2Br)CCNCC1. The first kappa shape index (κ1) is 16.5. The third-order valence-corrected chi connectivity index (χ3v) is 5.21. The van der Waals surface area contributed by atoms with Crippen molar-refractivity contribution in [3.05, 3.63) is 34.3 Å². The van der Waals surface area contributed by atoms with Crippen LogP contribution in [0.3, 0.4) is 0 Å². The van der Waals surface area contributed by atoms with Crippen molar-refractivity contribution in [2.45, 2.75) is 45.6 Å². The average molecular weight is 353 g/mol. The van der Waals surface area contributed by atoms with Gasteiger partial charge >= 0.3 is 0 Å². The fraction of sp³-hybridized carbons (Fsp3) is 0.588. The van der Waals surface area contributed by atoms with Gasteiger partial charge in [0.1, 0.15) is 0 Å². The van der Waals surface area contributed by atoms with Crippen molar-refractivity contribution in [3.8, 4) is 0 Å². The number of benzene rings is 1. The van der Waals surface area contributed by atoms with E-state index in [9.17, 15) is 4.79 Å². The minimum Gasteiger partial charge on any atom is -0.349 e. The molecule has 1 heterocycles. The molecule has 0 aliphatic carbocycles. The molecule has 0 radical (unpaired) electrons. The summed E-state index contributed by atoms with van der Waals surface area (Å²) in [5, 5.41) is 6.60. The normalized spacial score (nSPS) is 19.0. The first-order chi connectivity index (χ1) is 10.1. The summed E-state index contributed by atoms with van der Waals surface area (Å²) < 4.78 is 1.05. The number of amides is 1. The van der Waals surface area contributed by atoms with Crippen LogP contribution in [0.25, 0.3) is 0 Å². The number of halogens is 1. The number of rotatable bonds is 5. The second-order valence-electron chi connectivity index (χ2n) is 6.00. The van der Waals surface area contributed by atoms with E-state index in [0.29, 0.717) is 0 Å². The molecule has 21 heavy (non-hydrogen) atoms. The molecule has 2 N–H and O–H groups in total. The van der Waals surface area contributed by atoms with Gasteiger partial charge in [0.25, 0.3) is 0 Å². The molecule has 0 bridgehead atoms. The van der Waals surface area contributed by atoms with Crippen LogP contribution in [0.15, 0.2) is 28.7 Å². The fourth-order valence-corrected chi connectivity index (χ4v) is 3.86. The van der Waals surface area contributed by atoms with Gasteiger partial charge in [0.2, 0.25) is 5.91 Å². The van der Waals surface area contributed by atoms with E-state index in [0.717, 1.165) is 48.8 Å². The summed E-state index contributed by atoms with van der Waals surface area (Å²) in [7, 11) is 0. The maximum Gasteiger partial charge on any atom is 0.226 e. The van der Waals surface area contributed by atoms with Crippen LogP contribution in [0.2, 0.25) is 0 Å². The van der Waals surface area contributed by atoms with E-state index < -0.39 is 0 Å². The number of hydrogen-bond donors (Lipinski definition) is 2. The highest BCUT2D eigenvalue weighted by Gasteiger charge is 2.39. The van der Waals surface area contributed by atoms with E-state index in [2.05, 4.69) is 46.5 Å². The zero-order valence-electron chi connectivity index (χ0n) is 12.9. The quantitative estimate of drug-likeness (QED) is 0.846.